The Hall–Kier alpha value is -2.56. The molecule has 1 aliphatic heterocycles. The molecular weight excluding hydrogens is 370 g/mol. The predicted octanol–water partition coefficient (Wildman–Crippen LogP) is 5.20. The molecular formula is C23H24ClN3O. The van der Waals surface area contributed by atoms with Crippen molar-refractivity contribution in [3.05, 3.63) is 82.0 Å². The quantitative estimate of drug-likeness (QED) is 0.560. The van der Waals surface area contributed by atoms with Crippen LogP contribution < -0.4 is 5.43 Å². The lowest BCUT2D eigenvalue weighted by Gasteiger charge is -2.31. The van der Waals surface area contributed by atoms with E-state index in [0.29, 0.717) is 0 Å². The number of hydrazone groups is 1. The molecule has 1 fully saturated rings. The highest BCUT2D eigenvalue weighted by Crippen LogP contribution is 2.35. The van der Waals surface area contributed by atoms with Crippen LogP contribution in [0.2, 0.25) is 5.02 Å². The SMILES string of the molecule is Clc1ccc(N/N=C/C2=C(N3CCOCC3)C(=C\c3ccccc3)/CC2)cc1. The van der Waals surface area contributed by atoms with E-state index in [1.807, 2.05) is 30.5 Å². The van der Waals surface area contributed by atoms with Crippen LogP contribution in [0, 0.1) is 0 Å². The van der Waals surface area contributed by atoms with Gasteiger partial charge >= 0.3 is 0 Å². The summed E-state index contributed by atoms with van der Waals surface area (Å²) < 4.78 is 5.56. The number of rotatable bonds is 5. The monoisotopic (exact) mass is 393 g/mol. The number of morpholine rings is 1. The Bertz CT molecular complexity index is 882. The summed E-state index contributed by atoms with van der Waals surface area (Å²) in [7, 11) is 0. The first-order chi connectivity index (χ1) is 13.8. The van der Waals surface area contributed by atoms with Crippen LogP contribution in [0.1, 0.15) is 18.4 Å². The summed E-state index contributed by atoms with van der Waals surface area (Å²) in [5.41, 5.74) is 9.22. The van der Waals surface area contributed by atoms with Gasteiger partial charge in [0, 0.05) is 23.8 Å². The second-order valence-corrected chi connectivity index (χ2v) is 7.37. The fraction of sp³-hybridized carbons (Fsp3) is 0.261. The van der Waals surface area contributed by atoms with Crippen molar-refractivity contribution in [1.82, 2.24) is 4.90 Å². The third-order valence-corrected chi connectivity index (χ3v) is 5.25. The van der Waals surface area contributed by atoms with Crippen molar-refractivity contribution in [3.8, 4) is 0 Å². The summed E-state index contributed by atoms with van der Waals surface area (Å²) in [5, 5.41) is 5.20. The third kappa shape index (κ3) is 4.64. The highest BCUT2D eigenvalue weighted by atomic mass is 35.5. The molecule has 2 aromatic rings. The Balaban J connectivity index is 1.58. The van der Waals surface area contributed by atoms with Gasteiger partial charge in [-0.15, -0.1) is 0 Å². The Morgan fingerprint density at radius 3 is 2.46 bits per heavy atom. The molecule has 0 saturated carbocycles. The van der Waals surface area contributed by atoms with Crippen molar-refractivity contribution in [2.24, 2.45) is 5.10 Å². The van der Waals surface area contributed by atoms with Crippen molar-refractivity contribution in [2.75, 3.05) is 31.7 Å². The van der Waals surface area contributed by atoms with Gasteiger partial charge in [-0.05, 0) is 59.9 Å². The van der Waals surface area contributed by atoms with Crippen LogP contribution in [-0.4, -0.2) is 37.4 Å². The average Bonchev–Trinajstić information content (AvgIpc) is 3.13. The Labute approximate surface area is 171 Å². The van der Waals surface area contributed by atoms with Crippen LogP contribution >= 0.6 is 11.6 Å². The summed E-state index contributed by atoms with van der Waals surface area (Å²) in [5.74, 6) is 0. The molecule has 0 bridgehead atoms. The van der Waals surface area contributed by atoms with Gasteiger partial charge in [0.05, 0.1) is 25.1 Å². The number of allylic oxidation sites excluding steroid dienone is 2. The lowest BCUT2D eigenvalue weighted by molar-refractivity contribution is 0.0548. The number of nitrogens with one attached hydrogen (secondary N) is 1. The van der Waals surface area contributed by atoms with Crippen LogP contribution in [0.3, 0.4) is 0 Å². The topological polar surface area (TPSA) is 36.9 Å². The summed E-state index contributed by atoms with van der Waals surface area (Å²) in [4.78, 5) is 2.44. The number of anilines is 1. The van der Waals surface area contributed by atoms with Gasteiger partial charge in [0.2, 0.25) is 0 Å². The van der Waals surface area contributed by atoms with E-state index < -0.39 is 0 Å². The standard InChI is InChI=1S/C23H24ClN3O/c24-21-8-10-22(11-9-21)26-25-17-20-7-6-19(16-18-4-2-1-3-5-18)23(20)27-12-14-28-15-13-27/h1-5,8-11,16-17,26H,6-7,12-15H2/b19-16-,25-17+. The number of hydrogen-bond acceptors (Lipinski definition) is 4. The lowest BCUT2D eigenvalue weighted by Crippen LogP contribution is -2.36. The van der Waals surface area contributed by atoms with Gasteiger partial charge in [-0.1, -0.05) is 41.9 Å². The number of benzene rings is 2. The Morgan fingerprint density at radius 1 is 0.964 bits per heavy atom. The lowest BCUT2D eigenvalue weighted by atomic mass is 10.1. The van der Waals surface area contributed by atoms with Crippen molar-refractivity contribution in [2.45, 2.75) is 12.8 Å². The molecule has 2 aliphatic rings. The van der Waals surface area contributed by atoms with Gasteiger partial charge in [0.25, 0.3) is 0 Å². The molecule has 1 heterocycles. The summed E-state index contributed by atoms with van der Waals surface area (Å²) in [6.45, 7) is 3.39. The molecule has 0 radical (unpaired) electrons. The summed E-state index contributed by atoms with van der Waals surface area (Å²) in [6.07, 6.45) is 6.30. The molecule has 4 rings (SSSR count). The molecule has 1 saturated heterocycles. The van der Waals surface area contributed by atoms with E-state index in [2.05, 4.69) is 51.8 Å². The van der Waals surface area contributed by atoms with Gasteiger partial charge in [0.15, 0.2) is 0 Å². The zero-order valence-corrected chi connectivity index (χ0v) is 16.5. The van der Waals surface area contributed by atoms with Crippen LogP contribution in [0.5, 0.6) is 0 Å². The second kappa shape index (κ2) is 9.09. The molecule has 5 heteroatoms. The molecule has 0 atom stereocenters. The molecule has 0 unspecified atom stereocenters. The zero-order chi connectivity index (χ0) is 19.2. The second-order valence-electron chi connectivity index (χ2n) is 6.93. The largest absolute Gasteiger partial charge is 0.378 e. The van der Waals surface area contributed by atoms with Gasteiger partial charge in [-0.3, -0.25) is 5.43 Å². The molecule has 2 aromatic carbocycles. The predicted molar refractivity (Wildman–Crippen MR) is 117 cm³/mol. The van der Waals surface area contributed by atoms with E-state index in [4.69, 9.17) is 16.3 Å². The maximum Gasteiger partial charge on any atom is 0.0642 e. The van der Waals surface area contributed by atoms with Crippen molar-refractivity contribution in [3.63, 3.8) is 0 Å². The average molecular weight is 394 g/mol. The van der Waals surface area contributed by atoms with Crippen LogP contribution in [0.4, 0.5) is 5.69 Å². The maximum atomic E-state index is 5.94. The van der Waals surface area contributed by atoms with Crippen LogP contribution in [0.15, 0.2) is 76.5 Å². The molecule has 28 heavy (non-hydrogen) atoms. The van der Waals surface area contributed by atoms with E-state index in [0.717, 1.165) is 49.9 Å². The normalized spacial score (nSPS) is 19.0. The van der Waals surface area contributed by atoms with Crippen molar-refractivity contribution >= 4 is 29.6 Å². The highest BCUT2D eigenvalue weighted by Gasteiger charge is 2.25. The van der Waals surface area contributed by atoms with Gasteiger partial charge < -0.3 is 9.64 Å². The Morgan fingerprint density at radius 2 is 1.71 bits per heavy atom. The molecule has 4 nitrogen and oxygen atoms in total. The fourth-order valence-corrected chi connectivity index (χ4v) is 3.76. The van der Waals surface area contributed by atoms with Crippen LogP contribution in [-0.2, 0) is 4.74 Å². The van der Waals surface area contributed by atoms with E-state index in [-0.39, 0.29) is 0 Å². The van der Waals surface area contributed by atoms with Crippen molar-refractivity contribution < 1.29 is 4.74 Å². The van der Waals surface area contributed by atoms with Crippen molar-refractivity contribution in [1.29, 1.82) is 0 Å². The van der Waals surface area contributed by atoms with Gasteiger partial charge in [0.1, 0.15) is 0 Å². The molecule has 0 amide bonds. The van der Waals surface area contributed by atoms with Gasteiger partial charge in [-0.2, -0.15) is 5.10 Å². The highest BCUT2D eigenvalue weighted by molar-refractivity contribution is 6.30. The smallest absolute Gasteiger partial charge is 0.0642 e. The van der Waals surface area contributed by atoms with E-state index in [1.54, 1.807) is 0 Å². The number of hydrogen-bond donors (Lipinski definition) is 1. The maximum absolute atomic E-state index is 5.94. The van der Waals surface area contributed by atoms with Gasteiger partial charge in [-0.25, -0.2) is 0 Å². The molecule has 0 aromatic heterocycles. The number of nitrogens with zero attached hydrogens (tertiary/aromatic N) is 2. The first kappa shape index (κ1) is 18.8. The minimum atomic E-state index is 0.721. The van der Waals surface area contributed by atoms with E-state index in [1.165, 1.54) is 22.4 Å². The zero-order valence-electron chi connectivity index (χ0n) is 15.8. The minimum absolute atomic E-state index is 0.721. The molecule has 0 spiro atoms. The molecule has 144 valence electrons. The minimum Gasteiger partial charge on any atom is -0.378 e. The molecule has 1 N–H and O–H groups in total. The summed E-state index contributed by atoms with van der Waals surface area (Å²) in [6, 6.07) is 18.1. The molecule has 1 aliphatic carbocycles. The summed E-state index contributed by atoms with van der Waals surface area (Å²) >= 11 is 5.94. The first-order valence-corrected chi connectivity index (χ1v) is 10.0. The number of halogens is 1. The van der Waals surface area contributed by atoms with E-state index >= 15 is 0 Å². The Kier molecular flexibility index (Phi) is 6.10. The first-order valence-electron chi connectivity index (χ1n) is 9.66. The van der Waals surface area contributed by atoms with E-state index in [9.17, 15) is 0 Å². The third-order valence-electron chi connectivity index (χ3n) is 5.00. The van der Waals surface area contributed by atoms with Crippen LogP contribution in [0.25, 0.3) is 6.08 Å². The number of ether oxygens (including phenoxy) is 1. The fourth-order valence-electron chi connectivity index (χ4n) is 3.63.